The van der Waals surface area contributed by atoms with E-state index in [0.717, 1.165) is 5.69 Å². The minimum Gasteiger partial charge on any atom is -0.396 e. The summed E-state index contributed by atoms with van der Waals surface area (Å²) in [5.74, 6) is 0.928. The highest BCUT2D eigenvalue weighted by Crippen LogP contribution is 2.14. The molecule has 0 atom stereocenters. The Kier molecular flexibility index (Phi) is 2.28. The molecule has 2 rings (SSSR count). The van der Waals surface area contributed by atoms with Crippen molar-refractivity contribution in [3.05, 3.63) is 18.3 Å². The van der Waals surface area contributed by atoms with E-state index in [1.54, 1.807) is 17.1 Å². The maximum atomic E-state index is 8.67. The summed E-state index contributed by atoms with van der Waals surface area (Å²) in [6, 6.07) is 0. The molecule has 0 radical (unpaired) electrons. The van der Waals surface area contributed by atoms with Crippen molar-refractivity contribution in [2.45, 2.75) is 6.42 Å². The first-order valence-corrected chi connectivity index (χ1v) is 4.21. The Morgan fingerprint density at radius 1 is 1.57 bits per heavy atom. The first-order valence-electron chi connectivity index (χ1n) is 4.21. The normalized spacial score (nSPS) is 10.7. The summed E-state index contributed by atoms with van der Waals surface area (Å²) in [4.78, 5) is 8.04. The number of imidazole rings is 1. The van der Waals surface area contributed by atoms with Gasteiger partial charge in [-0.2, -0.15) is 4.98 Å². The third kappa shape index (κ3) is 1.51. The Hall–Kier alpha value is -1.69. The minimum atomic E-state index is 0.0182. The van der Waals surface area contributed by atoms with Gasteiger partial charge in [0.05, 0.1) is 19.1 Å². The van der Waals surface area contributed by atoms with Crippen molar-refractivity contribution in [2.75, 3.05) is 6.61 Å². The van der Waals surface area contributed by atoms with Crippen LogP contribution in [0.3, 0.4) is 0 Å². The molecule has 74 valence electrons. The Labute approximate surface area is 80.2 Å². The monoisotopic (exact) mass is 194 g/mol. The molecule has 0 fully saturated rings. The Morgan fingerprint density at radius 3 is 3.07 bits per heavy atom. The average Bonchev–Trinajstić information content (AvgIpc) is 2.74. The van der Waals surface area contributed by atoms with Crippen LogP contribution in [-0.2, 0) is 13.5 Å². The molecule has 0 aliphatic rings. The van der Waals surface area contributed by atoms with E-state index in [2.05, 4.69) is 15.1 Å². The summed E-state index contributed by atoms with van der Waals surface area (Å²) in [6.07, 6.45) is 3.71. The molecule has 2 aromatic heterocycles. The van der Waals surface area contributed by atoms with E-state index in [-0.39, 0.29) is 6.61 Å². The largest absolute Gasteiger partial charge is 0.396 e. The highest BCUT2D eigenvalue weighted by atomic mass is 16.5. The van der Waals surface area contributed by atoms with Crippen LogP contribution in [0.2, 0.25) is 0 Å². The lowest BCUT2D eigenvalue weighted by atomic mass is 10.4. The van der Waals surface area contributed by atoms with Gasteiger partial charge in [0.25, 0.3) is 5.89 Å². The van der Waals surface area contributed by atoms with Gasteiger partial charge >= 0.3 is 0 Å². The van der Waals surface area contributed by atoms with Crippen molar-refractivity contribution in [1.82, 2.24) is 19.7 Å². The predicted octanol–water partition coefficient (Wildman–Crippen LogP) is 0.00490. The summed E-state index contributed by atoms with van der Waals surface area (Å²) in [6.45, 7) is 0.0182. The zero-order valence-electron chi connectivity index (χ0n) is 7.71. The van der Waals surface area contributed by atoms with Crippen LogP contribution in [0.25, 0.3) is 11.6 Å². The van der Waals surface area contributed by atoms with Crippen LogP contribution in [0, 0.1) is 0 Å². The second-order valence-corrected chi connectivity index (χ2v) is 2.88. The SMILES string of the molecule is Cn1cncc1-c1nc(CCO)no1. The lowest BCUT2D eigenvalue weighted by Crippen LogP contribution is -1.93. The number of hydrogen-bond donors (Lipinski definition) is 1. The van der Waals surface area contributed by atoms with Crippen molar-refractivity contribution in [3.63, 3.8) is 0 Å². The fraction of sp³-hybridized carbons (Fsp3) is 0.375. The summed E-state index contributed by atoms with van der Waals surface area (Å²) in [7, 11) is 1.85. The van der Waals surface area contributed by atoms with Crippen molar-refractivity contribution < 1.29 is 9.63 Å². The predicted molar refractivity (Wildman–Crippen MR) is 47.3 cm³/mol. The highest BCUT2D eigenvalue weighted by Gasteiger charge is 2.10. The highest BCUT2D eigenvalue weighted by molar-refractivity contribution is 5.45. The van der Waals surface area contributed by atoms with Crippen LogP contribution in [0.4, 0.5) is 0 Å². The molecule has 14 heavy (non-hydrogen) atoms. The second kappa shape index (κ2) is 3.59. The summed E-state index contributed by atoms with van der Waals surface area (Å²) >= 11 is 0. The topological polar surface area (TPSA) is 77.0 Å². The zero-order chi connectivity index (χ0) is 9.97. The number of hydrogen-bond acceptors (Lipinski definition) is 5. The van der Waals surface area contributed by atoms with Crippen molar-refractivity contribution in [2.24, 2.45) is 7.05 Å². The van der Waals surface area contributed by atoms with Gasteiger partial charge < -0.3 is 14.2 Å². The van der Waals surface area contributed by atoms with Crippen molar-refractivity contribution in [1.29, 1.82) is 0 Å². The van der Waals surface area contributed by atoms with Crippen LogP contribution in [0.1, 0.15) is 5.82 Å². The average molecular weight is 194 g/mol. The van der Waals surface area contributed by atoms with Gasteiger partial charge in [-0.3, -0.25) is 0 Å². The molecule has 0 spiro atoms. The summed E-state index contributed by atoms with van der Waals surface area (Å²) in [5.41, 5.74) is 0.765. The van der Waals surface area contributed by atoms with E-state index < -0.39 is 0 Å². The lowest BCUT2D eigenvalue weighted by Gasteiger charge is -1.92. The zero-order valence-corrected chi connectivity index (χ0v) is 7.71. The first-order chi connectivity index (χ1) is 6.81. The van der Waals surface area contributed by atoms with Gasteiger partial charge in [-0.1, -0.05) is 5.16 Å². The van der Waals surface area contributed by atoms with Gasteiger partial charge in [-0.05, 0) is 0 Å². The third-order valence-corrected chi connectivity index (χ3v) is 1.84. The fourth-order valence-corrected chi connectivity index (χ4v) is 1.12. The van der Waals surface area contributed by atoms with E-state index in [4.69, 9.17) is 9.63 Å². The number of nitrogens with zero attached hydrogens (tertiary/aromatic N) is 4. The van der Waals surface area contributed by atoms with Gasteiger partial charge in [0.2, 0.25) is 0 Å². The second-order valence-electron chi connectivity index (χ2n) is 2.88. The molecule has 0 aromatic carbocycles. The molecule has 1 N–H and O–H groups in total. The number of aliphatic hydroxyl groups excluding tert-OH is 1. The van der Waals surface area contributed by atoms with E-state index >= 15 is 0 Å². The van der Waals surface area contributed by atoms with Crippen molar-refractivity contribution in [3.8, 4) is 11.6 Å². The van der Waals surface area contributed by atoms with Gasteiger partial charge in [0, 0.05) is 13.5 Å². The number of aliphatic hydroxyl groups is 1. The molecule has 0 bridgehead atoms. The minimum absolute atomic E-state index is 0.0182. The Morgan fingerprint density at radius 2 is 2.43 bits per heavy atom. The molecule has 2 aromatic rings. The Balaban J connectivity index is 2.29. The smallest absolute Gasteiger partial charge is 0.276 e. The van der Waals surface area contributed by atoms with Crippen LogP contribution < -0.4 is 0 Å². The molecular formula is C8H10N4O2. The number of aromatic nitrogens is 4. The quantitative estimate of drug-likeness (QED) is 0.744. The van der Waals surface area contributed by atoms with Gasteiger partial charge in [-0.25, -0.2) is 4.98 Å². The molecule has 0 unspecified atom stereocenters. The number of aryl methyl sites for hydroxylation is 1. The summed E-state index contributed by atoms with van der Waals surface area (Å²) in [5, 5.41) is 12.4. The van der Waals surface area contributed by atoms with Gasteiger partial charge in [-0.15, -0.1) is 0 Å². The molecule has 0 amide bonds. The lowest BCUT2D eigenvalue weighted by molar-refractivity contribution is 0.293. The Bertz CT molecular complexity index is 420. The molecule has 0 aliphatic heterocycles. The van der Waals surface area contributed by atoms with E-state index in [1.165, 1.54) is 0 Å². The maximum Gasteiger partial charge on any atom is 0.276 e. The molecule has 6 nitrogen and oxygen atoms in total. The molecule has 6 heteroatoms. The van der Waals surface area contributed by atoms with Gasteiger partial charge in [0.1, 0.15) is 5.69 Å². The standard InChI is InChI=1S/C8H10N4O2/c1-12-5-9-4-6(12)8-10-7(2-3-13)11-14-8/h4-5,13H,2-3H2,1H3. The fourth-order valence-electron chi connectivity index (χ4n) is 1.12. The van der Waals surface area contributed by atoms with E-state index in [9.17, 15) is 0 Å². The molecule has 0 saturated heterocycles. The van der Waals surface area contributed by atoms with Crippen molar-refractivity contribution >= 4 is 0 Å². The van der Waals surface area contributed by atoms with E-state index in [0.29, 0.717) is 18.1 Å². The van der Waals surface area contributed by atoms with E-state index in [1.807, 2.05) is 7.05 Å². The van der Waals surface area contributed by atoms with Gasteiger partial charge in [0.15, 0.2) is 5.82 Å². The van der Waals surface area contributed by atoms with Crippen LogP contribution in [0.5, 0.6) is 0 Å². The molecular weight excluding hydrogens is 184 g/mol. The van der Waals surface area contributed by atoms with Crippen LogP contribution >= 0.6 is 0 Å². The number of rotatable bonds is 3. The molecule has 0 aliphatic carbocycles. The summed E-state index contributed by atoms with van der Waals surface area (Å²) < 4.78 is 6.80. The molecule has 2 heterocycles. The third-order valence-electron chi connectivity index (χ3n) is 1.84. The van der Waals surface area contributed by atoms with Crippen LogP contribution in [0.15, 0.2) is 17.0 Å². The first kappa shape index (κ1) is 8.89. The molecule has 0 saturated carbocycles. The van der Waals surface area contributed by atoms with Crippen LogP contribution in [-0.4, -0.2) is 31.4 Å². The maximum absolute atomic E-state index is 8.67.